The minimum absolute atomic E-state index is 0.340. The van der Waals surface area contributed by atoms with Crippen LogP contribution in [0.4, 0.5) is 0 Å². The number of hydrogen-bond donors (Lipinski definition) is 0. The van der Waals surface area contributed by atoms with Crippen LogP contribution >= 0.6 is 0 Å². The zero-order valence-electron chi connectivity index (χ0n) is 10.6. The van der Waals surface area contributed by atoms with E-state index in [4.69, 9.17) is 9.47 Å². The Hall–Kier alpha value is -2.13. The lowest BCUT2D eigenvalue weighted by atomic mass is 9.95. The molecule has 19 heavy (non-hydrogen) atoms. The maximum Gasteiger partial charge on any atom is 0.341 e. The Labute approximate surface area is 111 Å². The Kier molecular flexibility index (Phi) is 2.84. The lowest BCUT2D eigenvalue weighted by Gasteiger charge is -2.28. The molecular weight excluding hydrogens is 240 g/mol. The molecule has 0 fully saturated rings. The van der Waals surface area contributed by atoms with E-state index < -0.39 is 5.79 Å². The second kappa shape index (κ2) is 4.52. The van der Waals surface area contributed by atoms with Gasteiger partial charge in [-0.15, -0.1) is 0 Å². The molecule has 0 aromatic heterocycles. The number of ether oxygens (including phenoxy) is 2. The number of cyclic esters (lactones) is 1. The van der Waals surface area contributed by atoms with Crippen LogP contribution in [0.5, 0.6) is 0 Å². The summed E-state index contributed by atoms with van der Waals surface area (Å²) < 4.78 is 11.4. The Balaban J connectivity index is 2.22. The molecule has 0 saturated carbocycles. The van der Waals surface area contributed by atoms with Crippen molar-refractivity contribution >= 4 is 5.97 Å². The first-order chi connectivity index (χ1) is 9.28. The summed E-state index contributed by atoms with van der Waals surface area (Å²) >= 11 is 0. The molecule has 0 saturated heterocycles. The summed E-state index contributed by atoms with van der Waals surface area (Å²) in [6.07, 6.45) is 0. The predicted molar refractivity (Wildman–Crippen MR) is 70.7 cm³/mol. The van der Waals surface area contributed by atoms with Gasteiger partial charge in [0.05, 0.1) is 5.56 Å². The minimum atomic E-state index is -1.11. The molecule has 96 valence electrons. The van der Waals surface area contributed by atoms with E-state index in [0.717, 1.165) is 11.1 Å². The van der Waals surface area contributed by atoms with Gasteiger partial charge in [-0.2, -0.15) is 0 Å². The second-order valence-corrected chi connectivity index (χ2v) is 4.35. The van der Waals surface area contributed by atoms with Crippen LogP contribution in [0.15, 0.2) is 54.6 Å². The van der Waals surface area contributed by atoms with E-state index in [0.29, 0.717) is 12.2 Å². The first kappa shape index (κ1) is 11.9. The molecule has 1 aliphatic rings. The van der Waals surface area contributed by atoms with Crippen molar-refractivity contribution in [1.82, 2.24) is 0 Å². The summed E-state index contributed by atoms with van der Waals surface area (Å²) in [6, 6.07) is 16.9. The minimum Gasteiger partial charge on any atom is -0.420 e. The lowest BCUT2D eigenvalue weighted by Crippen LogP contribution is -2.31. The van der Waals surface area contributed by atoms with Crippen molar-refractivity contribution < 1.29 is 14.3 Å². The summed E-state index contributed by atoms with van der Waals surface area (Å²) in [6.45, 7) is 2.34. The zero-order valence-corrected chi connectivity index (χ0v) is 10.6. The summed E-state index contributed by atoms with van der Waals surface area (Å²) in [5.74, 6) is -1.45. The molecule has 0 aliphatic carbocycles. The van der Waals surface area contributed by atoms with Crippen molar-refractivity contribution in [3.63, 3.8) is 0 Å². The van der Waals surface area contributed by atoms with Crippen LogP contribution in [0.2, 0.25) is 0 Å². The van der Waals surface area contributed by atoms with Crippen molar-refractivity contribution in [2.45, 2.75) is 12.7 Å². The fraction of sp³-hybridized carbons (Fsp3) is 0.188. The molecule has 1 aliphatic heterocycles. The topological polar surface area (TPSA) is 35.5 Å². The van der Waals surface area contributed by atoms with Crippen molar-refractivity contribution in [1.29, 1.82) is 0 Å². The monoisotopic (exact) mass is 254 g/mol. The van der Waals surface area contributed by atoms with E-state index in [2.05, 4.69) is 0 Å². The molecule has 0 N–H and O–H groups in total. The van der Waals surface area contributed by atoms with Crippen LogP contribution in [0.1, 0.15) is 28.4 Å². The number of benzene rings is 2. The van der Waals surface area contributed by atoms with Gasteiger partial charge in [0.1, 0.15) is 0 Å². The predicted octanol–water partition coefficient (Wildman–Crippen LogP) is 3.09. The molecule has 0 radical (unpaired) electrons. The summed E-state index contributed by atoms with van der Waals surface area (Å²) in [4.78, 5) is 12.0. The van der Waals surface area contributed by atoms with E-state index in [9.17, 15) is 4.79 Å². The highest BCUT2D eigenvalue weighted by atomic mass is 16.7. The van der Waals surface area contributed by atoms with Crippen LogP contribution in [-0.4, -0.2) is 12.6 Å². The first-order valence-electron chi connectivity index (χ1n) is 6.30. The van der Waals surface area contributed by atoms with Crippen LogP contribution in [0, 0.1) is 0 Å². The highest BCUT2D eigenvalue weighted by Gasteiger charge is 2.47. The third-order valence-corrected chi connectivity index (χ3v) is 3.24. The lowest BCUT2D eigenvalue weighted by molar-refractivity contribution is -0.170. The molecule has 3 rings (SSSR count). The van der Waals surface area contributed by atoms with Crippen molar-refractivity contribution in [3.8, 4) is 0 Å². The van der Waals surface area contributed by atoms with E-state index >= 15 is 0 Å². The number of carbonyl (C=O) groups excluding carboxylic acids is 1. The average molecular weight is 254 g/mol. The summed E-state index contributed by atoms with van der Waals surface area (Å²) in [5.41, 5.74) is 2.17. The molecule has 3 heteroatoms. The van der Waals surface area contributed by atoms with Gasteiger partial charge in [0, 0.05) is 17.7 Å². The number of rotatable bonds is 3. The highest BCUT2D eigenvalue weighted by Crippen LogP contribution is 2.42. The first-order valence-corrected chi connectivity index (χ1v) is 6.30. The maximum atomic E-state index is 12.0. The van der Waals surface area contributed by atoms with Crippen LogP contribution in [0.3, 0.4) is 0 Å². The van der Waals surface area contributed by atoms with Gasteiger partial charge in [-0.05, 0) is 13.0 Å². The fourth-order valence-corrected chi connectivity index (χ4v) is 2.45. The Bertz CT molecular complexity index is 606. The van der Waals surface area contributed by atoms with Gasteiger partial charge < -0.3 is 9.47 Å². The van der Waals surface area contributed by atoms with E-state index in [1.165, 1.54) is 0 Å². The zero-order chi connectivity index (χ0) is 13.3. The van der Waals surface area contributed by atoms with Crippen molar-refractivity contribution in [2.24, 2.45) is 0 Å². The Morgan fingerprint density at radius 2 is 1.74 bits per heavy atom. The molecule has 0 bridgehead atoms. The summed E-state index contributed by atoms with van der Waals surface area (Å²) in [7, 11) is 0. The largest absolute Gasteiger partial charge is 0.420 e. The third-order valence-electron chi connectivity index (χ3n) is 3.24. The van der Waals surface area contributed by atoms with Crippen LogP contribution in [0.25, 0.3) is 0 Å². The number of hydrogen-bond acceptors (Lipinski definition) is 3. The van der Waals surface area contributed by atoms with Gasteiger partial charge >= 0.3 is 5.97 Å². The molecule has 0 unspecified atom stereocenters. The molecule has 1 heterocycles. The van der Waals surface area contributed by atoms with Crippen molar-refractivity contribution in [2.75, 3.05) is 6.61 Å². The standard InChI is InChI=1S/C16H14O3/c1-2-18-16(12-8-4-3-5-9-12)14-11-7-6-10-13(14)15(17)19-16/h3-11H,2H2,1H3/t16-/m1/s1. The van der Waals surface area contributed by atoms with Gasteiger partial charge in [-0.3, -0.25) is 0 Å². The highest BCUT2D eigenvalue weighted by molar-refractivity contribution is 5.95. The normalized spacial score (nSPS) is 21.0. The van der Waals surface area contributed by atoms with Gasteiger partial charge in [-0.25, -0.2) is 4.79 Å². The second-order valence-electron chi connectivity index (χ2n) is 4.35. The number of esters is 1. The van der Waals surface area contributed by atoms with Gasteiger partial charge in [0.15, 0.2) is 0 Å². The average Bonchev–Trinajstić information content (AvgIpc) is 2.75. The molecule has 2 aromatic rings. The van der Waals surface area contributed by atoms with E-state index in [-0.39, 0.29) is 5.97 Å². The molecule has 3 nitrogen and oxygen atoms in total. The molecule has 0 spiro atoms. The molecular formula is C16H14O3. The summed E-state index contributed by atoms with van der Waals surface area (Å²) in [5, 5.41) is 0. The molecule has 2 aromatic carbocycles. The quantitative estimate of drug-likeness (QED) is 0.789. The third kappa shape index (κ3) is 1.74. The van der Waals surface area contributed by atoms with Gasteiger partial charge in [-0.1, -0.05) is 48.5 Å². The Morgan fingerprint density at radius 1 is 1.05 bits per heavy atom. The number of fused-ring (bicyclic) bond motifs is 1. The SMILES string of the molecule is CCO[C@]1(c2ccccc2)OC(=O)c2ccccc21. The van der Waals surface area contributed by atoms with Crippen LogP contribution in [-0.2, 0) is 15.3 Å². The number of carbonyl (C=O) groups is 1. The van der Waals surface area contributed by atoms with Crippen LogP contribution < -0.4 is 0 Å². The Morgan fingerprint density at radius 3 is 2.47 bits per heavy atom. The smallest absolute Gasteiger partial charge is 0.341 e. The van der Waals surface area contributed by atoms with Gasteiger partial charge in [0.2, 0.25) is 0 Å². The maximum absolute atomic E-state index is 12.0. The van der Waals surface area contributed by atoms with Gasteiger partial charge in [0.25, 0.3) is 5.79 Å². The van der Waals surface area contributed by atoms with E-state index in [1.54, 1.807) is 6.07 Å². The molecule has 1 atom stereocenters. The van der Waals surface area contributed by atoms with E-state index in [1.807, 2.05) is 55.5 Å². The van der Waals surface area contributed by atoms with Crippen molar-refractivity contribution in [3.05, 3.63) is 71.3 Å². The molecule has 0 amide bonds. The fourth-order valence-electron chi connectivity index (χ4n) is 2.45.